The van der Waals surface area contributed by atoms with Crippen molar-refractivity contribution >= 4 is 34.2 Å². The molecule has 0 fully saturated rings. The monoisotopic (exact) mass is 505 g/mol. The molecule has 0 spiro atoms. The van der Waals surface area contributed by atoms with Gasteiger partial charge in [-0.3, -0.25) is 4.79 Å². The van der Waals surface area contributed by atoms with Gasteiger partial charge in [-0.25, -0.2) is 4.79 Å². The number of amides is 2. The van der Waals surface area contributed by atoms with E-state index in [1.54, 1.807) is 43.4 Å². The van der Waals surface area contributed by atoms with Gasteiger partial charge >= 0.3 is 6.03 Å². The number of aromatic amines is 1. The summed E-state index contributed by atoms with van der Waals surface area (Å²) >= 11 is 5.98. The summed E-state index contributed by atoms with van der Waals surface area (Å²) in [7, 11) is 3.17. The van der Waals surface area contributed by atoms with Crippen molar-refractivity contribution in [3.05, 3.63) is 98.8 Å². The Hall–Kier alpha value is -3.97. The fourth-order valence-electron chi connectivity index (χ4n) is 4.04. The van der Waals surface area contributed by atoms with E-state index in [9.17, 15) is 9.59 Å². The number of hydrogen-bond acceptors (Lipinski definition) is 4. The maximum Gasteiger partial charge on any atom is 0.322 e. The predicted molar refractivity (Wildman–Crippen MR) is 143 cm³/mol. The molecule has 8 heteroatoms. The Bertz CT molecular complexity index is 1430. The molecule has 7 nitrogen and oxygen atoms in total. The van der Waals surface area contributed by atoms with Gasteiger partial charge in [0.15, 0.2) is 11.5 Å². The van der Waals surface area contributed by atoms with E-state index < -0.39 is 0 Å². The smallest absolute Gasteiger partial charge is 0.322 e. The normalized spacial score (nSPS) is 10.8. The molecular formula is C28H28ClN3O4. The van der Waals surface area contributed by atoms with Gasteiger partial charge in [0.1, 0.15) is 0 Å². The zero-order valence-electron chi connectivity index (χ0n) is 20.4. The first-order chi connectivity index (χ1) is 17.4. The molecular weight excluding hydrogens is 478 g/mol. The molecule has 1 heterocycles. The zero-order valence-corrected chi connectivity index (χ0v) is 21.2. The highest BCUT2D eigenvalue weighted by atomic mass is 35.5. The van der Waals surface area contributed by atoms with E-state index in [0.717, 1.165) is 22.0 Å². The van der Waals surface area contributed by atoms with Crippen LogP contribution in [0.1, 0.15) is 16.7 Å². The number of carbonyl (C=O) groups excluding carboxylic acids is 1. The summed E-state index contributed by atoms with van der Waals surface area (Å²) in [5.41, 5.74) is 3.66. The van der Waals surface area contributed by atoms with E-state index in [1.807, 2.05) is 49.4 Å². The third kappa shape index (κ3) is 5.80. The number of carbonyl (C=O) groups is 1. The molecule has 0 bridgehead atoms. The molecule has 0 unspecified atom stereocenters. The van der Waals surface area contributed by atoms with Crippen molar-refractivity contribution in [2.24, 2.45) is 0 Å². The fourth-order valence-corrected chi connectivity index (χ4v) is 4.17. The number of methoxy groups -OCH3 is 2. The summed E-state index contributed by atoms with van der Waals surface area (Å²) in [6.45, 7) is 2.47. The number of ether oxygens (including phenoxy) is 2. The van der Waals surface area contributed by atoms with Crippen molar-refractivity contribution < 1.29 is 14.3 Å². The minimum absolute atomic E-state index is 0.145. The standard InChI is InChI=1S/C28H28ClN3O4/c1-18-5-4-6-20-16-21(27(33)31-26(18)20)17-32(28(34)30-23-10-8-22(29)9-11-23)14-13-19-7-12-24(35-2)25(15-19)36-3/h4-12,15-16H,13-14,17H2,1-3H3,(H,30,34)(H,31,33). The van der Waals surface area contributed by atoms with Crippen LogP contribution in [0, 0.1) is 6.92 Å². The SMILES string of the molecule is COc1ccc(CCN(Cc2cc3cccc(C)c3[nH]c2=O)C(=O)Nc2ccc(Cl)cc2)cc1OC. The van der Waals surface area contributed by atoms with Crippen LogP contribution in [0.5, 0.6) is 11.5 Å². The van der Waals surface area contributed by atoms with Gasteiger partial charge in [-0.1, -0.05) is 35.9 Å². The van der Waals surface area contributed by atoms with E-state index in [1.165, 1.54) is 0 Å². The summed E-state index contributed by atoms with van der Waals surface area (Å²) in [4.78, 5) is 30.8. The number of rotatable bonds is 8. The lowest BCUT2D eigenvalue weighted by molar-refractivity contribution is 0.209. The number of H-pyrrole nitrogens is 1. The highest BCUT2D eigenvalue weighted by Gasteiger charge is 2.17. The van der Waals surface area contributed by atoms with Crippen LogP contribution in [0.4, 0.5) is 10.5 Å². The molecule has 4 aromatic rings. The van der Waals surface area contributed by atoms with Gasteiger partial charge in [-0.15, -0.1) is 0 Å². The molecule has 36 heavy (non-hydrogen) atoms. The first kappa shape index (κ1) is 25.1. The largest absolute Gasteiger partial charge is 0.493 e. The molecule has 2 N–H and O–H groups in total. The number of aryl methyl sites for hydroxylation is 1. The van der Waals surface area contributed by atoms with Crippen LogP contribution in [-0.4, -0.2) is 36.7 Å². The van der Waals surface area contributed by atoms with Crippen molar-refractivity contribution in [1.82, 2.24) is 9.88 Å². The van der Waals surface area contributed by atoms with E-state index in [-0.39, 0.29) is 18.1 Å². The molecule has 0 saturated heterocycles. The number of nitrogens with zero attached hydrogens (tertiary/aromatic N) is 1. The number of para-hydroxylation sites is 1. The lowest BCUT2D eigenvalue weighted by atomic mass is 10.1. The lowest BCUT2D eigenvalue weighted by Gasteiger charge is -2.23. The Labute approximate surface area is 214 Å². The maximum atomic E-state index is 13.3. The average molecular weight is 506 g/mol. The molecule has 0 radical (unpaired) electrons. The van der Waals surface area contributed by atoms with E-state index in [4.69, 9.17) is 21.1 Å². The van der Waals surface area contributed by atoms with E-state index in [2.05, 4.69) is 10.3 Å². The van der Waals surface area contributed by atoms with Crippen LogP contribution in [0.2, 0.25) is 5.02 Å². The van der Waals surface area contributed by atoms with Gasteiger partial charge in [0, 0.05) is 22.8 Å². The number of hydrogen-bond donors (Lipinski definition) is 2. The summed E-state index contributed by atoms with van der Waals surface area (Å²) in [5, 5.41) is 4.40. The summed E-state index contributed by atoms with van der Waals surface area (Å²) in [6, 6.07) is 19.9. The third-order valence-corrected chi connectivity index (χ3v) is 6.28. The molecule has 0 saturated carbocycles. The Kier molecular flexibility index (Phi) is 7.80. The van der Waals surface area contributed by atoms with Crippen molar-refractivity contribution in [3.63, 3.8) is 0 Å². The number of aromatic nitrogens is 1. The summed E-state index contributed by atoms with van der Waals surface area (Å²) < 4.78 is 10.7. The number of benzene rings is 3. The number of nitrogens with one attached hydrogen (secondary N) is 2. The van der Waals surface area contributed by atoms with Crippen molar-refractivity contribution in [2.45, 2.75) is 19.9 Å². The molecule has 0 atom stereocenters. The van der Waals surface area contributed by atoms with Crippen molar-refractivity contribution in [3.8, 4) is 11.5 Å². The van der Waals surface area contributed by atoms with Gasteiger partial charge in [0.25, 0.3) is 5.56 Å². The number of pyridine rings is 1. The second kappa shape index (κ2) is 11.2. The summed E-state index contributed by atoms with van der Waals surface area (Å²) in [6.07, 6.45) is 0.555. The van der Waals surface area contributed by atoms with Crippen molar-refractivity contribution in [1.29, 1.82) is 0 Å². The van der Waals surface area contributed by atoms with Crippen LogP contribution in [-0.2, 0) is 13.0 Å². The van der Waals surface area contributed by atoms with Gasteiger partial charge < -0.3 is 24.7 Å². The van der Waals surface area contributed by atoms with E-state index in [0.29, 0.717) is 40.7 Å². The molecule has 2 amide bonds. The van der Waals surface area contributed by atoms with Crippen molar-refractivity contribution in [2.75, 3.05) is 26.1 Å². The van der Waals surface area contributed by atoms with E-state index >= 15 is 0 Å². The highest BCUT2D eigenvalue weighted by Crippen LogP contribution is 2.28. The van der Waals surface area contributed by atoms with Gasteiger partial charge in [-0.05, 0) is 72.3 Å². The second-order valence-electron chi connectivity index (χ2n) is 8.46. The molecule has 4 rings (SSSR count). The Balaban J connectivity index is 1.60. The molecule has 186 valence electrons. The Morgan fingerprint density at radius 1 is 1.00 bits per heavy atom. The topological polar surface area (TPSA) is 83.7 Å². The average Bonchev–Trinajstić information content (AvgIpc) is 2.88. The number of urea groups is 1. The number of halogens is 1. The first-order valence-corrected chi connectivity index (χ1v) is 11.9. The maximum absolute atomic E-state index is 13.3. The highest BCUT2D eigenvalue weighted by molar-refractivity contribution is 6.30. The number of fused-ring (bicyclic) bond motifs is 1. The quantitative estimate of drug-likeness (QED) is 0.318. The molecule has 3 aromatic carbocycles. The first-order valence-electron chi connectivity index (χ1n) is 11.5. The summed E-state index contributed by atoms with van der Waals surface area (Å²) in [5.74, 6) is 1.25. The zero-order chi connectivity index (χ0) is 25.7. The molecule has 0 aliphatic rings. The molecule has 0 aliphatic heterocycles. The molecule has 1 aromatic heterocycles. The second-order valence-corrected chi connectivity index (χ2v) is 8.90. The lowest BCUT2D eigenvalue weighted by Crippen LogP contribution is -2.37. The van der Waals surface area contributed by atoms with Crippen LogP contribution in [0.25, 0.3) is 10.9 Å². The Morgan fingerprint density at radius 3 is 2.47 bits per heavy atom. The van der Waals surface area contributed by atoms with Gasteiger partial charge in [0.05, 0.1) is 26.3 Å². The minimum Gasteiger partial charge on any atom is -0.493 e. The van der Waals surface area contributed by atoms with Crippen LogP contribution < -0.4 is 20.3 Å². The van der Waals surface area contributed by atoms with Crippen LogP contribution in [0.3, 0.4) is 0 Å². The minimum atomic E-state index is -0.318. The molecule has 0 aliphatic carbocycles. The number of anilines is 1. The van der Waals surface area contributed by atoms with Crippen LogP contribution in [0.15, 0.2) is 71.5 Å². The van der Waals surface area contributed by atoms with Gasteiger partial charge in [0.2, 0.25) is 0 Å². The Morgan fingerprint density at radius 2 is 1.75 bits per heavy atom. The van der Waals surface area contributed by atoms with Crippen LogP contribution >= 0.6 is 11.6 Å². The van der Waals surface area contributed by atoms with Gasteiger partial charge in [-0.2, -0.15) is 0 Å². The fraction of sp³-hybridized carbons (Fsp3) is 0.214. The predicted octanol–water partition coefficient (Wildman–Crippen LogP) is 5.78. The third-order valence-electron chi connectivity index (χ3n) is 6.03.